The van der Waals surface area contributed by atoms with Crippen molar-refractivity contribution in [3.63, 3.8) is 0 Å². The van der Waals surface area contributed by atoms with Crippen molar-refractivity contribution < 1.29 is 43.2 Å². The van der Waals surface area contributed by atoms with Gasteiger partial charge in [-0.05, 0) is 48.5 Å². The summed E-state index contributed by atoms with van der Waals surface area (Å²) < 4.78 is 82.1. The Morgan fingerprint density at radius 1 is 0.629 bits per heavy atom. The van der Waals surface area contributed by atoms with E-state index in [1.54, 1.807) is 0 Å². The summed E-state index contributed by atoms with van der Waals surface area (Å²) >= 11 is 0. The number of hydrogen-bond acceptors (Lipinski definition) is 10. The van der Waals surface area contributed by atoms with E-state index in [-0.39, 0.29) is 21.6 Å². The van der Waals surface area contributed by atoms with Crippen molar-refractivity contribution in [2.24, 2.45) is 0 Å². The van der Waals surface area contributed by atoms with E-state index >= 15 is 0 Å². The second-order valence-corrected chi connectivity index (χ2v) is 12.6. The molecule has 2 amide bonds. The van der Waals surface area contributed by atoms with Gasteiger partial charge in [-0.15, -0.1) is 0 Å². The van der Waals surface area contributed by atoms with Crippen molar-refractivity contribution in [1.29, 1.82) is 0 Å². The van der Waals surface area contributed by atoms with Crippen LogP contribution in [0.25, 0.3) is 0 Å². The molecule has 0 aliphatic rings. The average molecular weight is 549 g/mol. The predicted molar refractivity (Wildman–Crippen MR) is 126 cm³/mol. The van der Waals surface area contributed by atoms with E-state index in [2.05, 4.69) is 19.0 Å². The first-order valence-electron chi connectivity index (χ1n) is 9.95. The molecular formula is C20H24N2O10S3. The van der Waals surface area contributed by atoms with Crippen molar-refractivity contribution in [1.82, 2.24) is 0 Å². The fraction of sp³-hybridized carbons (Fsp3) is 0.300. The highest BCUT2D eigenvalue weighted by atomic mass is 32.3. The lowest BCUT2D eigenvalue weighted by atomic mass is 10.3. The highest BCUT2D eigenvalue weighted by molar-refractivity contribution is 7.91. The quantitative estimate of drug-likeness (QED) is 0.390. The zero-order valence-corrected chi connectivity index (χ0v) is 21.2. The molecule has 0 atom stereocenters. The summed E-state index contributed by atoms with van der Waals surface area (Å²) in [5.74, 6) is -2.03. The van der Waals surface area contributed by atoms with Crippen LogP contribution < -0.4 is 10.6 Å². The Morgan fingerprint density at radius 3 is 1.23 bits per heavy atom. The van der Waals surface area contributed by atoms with Crippen LogP contribution in [-0.4, -0.2) is 61.8 Å². The molecule has 2 aromatic rings. The smallest absolute Gasteiger partial charge is 0.326 e. The normalized spacial score (nSPS) is 12.2. The van der Waals surface area contributed by atoms with Gasteiger partial charge in [-0.3, -0.25) is 9.59 Å². The molecule has 192 valence electrons. The van der Waals surface area contributed by atoms with E-state index in [0.717, 1.165) is 0 Å². The second kappa shape index (κ2) is 11.7. The van der Waals surface area contributed by atoms with Gasteiger partial charge in [-0.1, -0.05) is 0 Å². The van der Waals surface area contributed by atoms with Crippen LogP contribution in [0, 0.1) is 0 Å². The molecule has 0 aliphatic carbocycles. The van der Waals surface area contributed by atoms with Crippen molar-refractivity contribution in [2.75, 3.05) is 35.4 Å². The first-order chi connectivity index (χ1) is 16.2. The first kappa shape index (κ1) is 28.4. The van der Waals surface area contributed by atoms with Crippen molar-refractivity contribution in [3.8, 4) is 0 Å². The molecule has 0 bridgehead atoms. The maximum atomic E-state index is 12.3. The van der Waals surface area contributed by atoms with Gasteiger partial charge in [0.05, 0.1) is 34.5 Å². The number of carbonyl (C=O) groups is 2. The Balaban J connectivity index is 1.86. The molecule has 2 aromatic carbocycles. The standard InChI is InChI=1S/C20H24N2O10S3/c1-15(23)21-17-3-7-19(8-4-17)33(25,26)13-11-31-35(29,30)32-12-14-34(27,28)20-9-5-18(6-10-20)22-16(2)24/h3-10H,11-14H2,1-2H3,(H,21,23)(H,22,24). The van der Waals surface area contributed by atoms with Gasteiger partial charge in [0.15, 0.2) is 19.7 Å². The molecule has 35 heavy (non-hydrogen) atoms. The highest BCUT2D eigenvalue weighted by Gasteiger charge is 2.21. The Morgan fingerprint density at radius 2 is 0.943 bits per heavy atom. The minimum atomic E-state index is -4.66. The molecule has 12 nitrogen and oxygen atoms in total. The lowest BCUT2D eigenvalue weighted by molar-refractivity contribution is -0.115. The van der Waals surface area contributed by atoms with Crippen LogP contribution in [0.5, 0.6) is 0 Å². The number of anilines is 2. The number of rotatable bonds is 12. The zero-order valence-electron chi connectivity index (χ0n) is 18.8. The molecule has 2 N–H and O–H groups in total. The van der Waals surface area contributed by atoms with Crippen molar-refractivity contribution >= 4 is 53.3 Å². The van der Waals surface area contributed by atoms with E-state index in [9.17, 15) is 34.8 Å². The molecule has 0 aromatic heterocycles. The fourth-order valence-corrected chi connectivity index (χ4v) is 5.69. The summed E-state index contributed by atoms with van der Waals surface area (Å²) in [6, 6.07) is 10.5. The highest BCUT2D eigenvalue weighted by Crippen LogP contribution is 2.17. The third-order valence-corrected chi connectivity index (χ3v) is 8.53. The summed E-state index contributed by atoms with van der Waals surface area (Å²) in [6.07, 6.45) is 0. The van der Waals surface area contributed by atoms with Crippen LogP contribution in [0.4, 0.5) is 11.4 Å². The molecule has 0 heterocycles. The monoisotopic (exact) mass is 548 g/mol. The van der Waals surface area contributed by atoms with E-state index < -0.39 is 54.8 Å². The van der Waals surface area contributed by atoms with Crippen LogP contribution in [0.15, 0.2) is 58.3 Å². The van der Waals surface area contributed by atoms with Crippen LogP contribution in [0.2, 0.25) is 0 Å². The third kappa shape index (κ3) is 9.37. The lowest BCUT2D eigenvalue weighted by Crippen LogP contribution is -2.20. The maximum Gasteiger partial charge on any atom is 0.399 e. The summed E-state index contributed by atoms with van der Waals surface area (Å²) in [5, 5.41) is 4.97. The number of benzene rings is 2. The third-order valence-electron chi connectivity index (χ3n) is 4.23. The van der Waals surface area contributed by atoms with E-state index in [4.69, 9.17) is 0 Å². The van der Waals surface area contributed by atoms with Gasteiger partial charge in [-0.2, -0.15) is 8.42 Å². The Kier molecular flexibility index (Phi) is 9.51. The van der Waals surface area contributed by atoms with E-state index in [1.165, 1.54) is 62.4 Å². The number of hydrogen-bond donors (Lipinski definition) is 2. The molecule has 15 heteroatoms. The summed E-state index contributed by atoms with van der Waals surface area (Å²) in [4.78, 5) is 21.8. The fourth-order valence-electron chi connectivity index (χ4n) is 2.66. The number of amides is 2. The Hall–Kier alpha value is -2.85. The molecule has 0 saturated heterocycles. The molecule has 0 aliphatic heterocycles. The molecule has 0 unspecified atom stereocenters. The van der Waals surface area contributed by atoms with Gasteiger partial charge >= 0.3 is 10.4 Å². The largest absolute Gasteiger partial charge is 0.399 e. The number of carbonyl (C=O) groups excluding carboxylic acids is 2. The molecule has 2 rings (SSSR count). The number of sulfone groups is 2. The Bertz CT molecular complexity index is 1270. The Labute approximate surface area is 203 Å². The van der Waals surface area contributed by atoms with Crippen molar-refractivity contribution in [3.05, 3.63) is 48.5 Å². The molecule has 0 fully saturated rings. The van der Waals surface area contributed by atoms with Gasteiger partial charge in [-0.25, -0.2) is 25.2 Å². The van der Waals surface area contributed by atoms with E-state index in [0.29, 0.717) is 11.4 Å². The lowest BCUT2D eigenvalue weighted by Gasteiger charge is -2.09. The SMILES string of the molecule is CC(=O)Nc1ccc(S(=O)(=O)CCOS(=O)(=O)OCCS(=O)(=O)c2ccc(NC(C)=O)cc2)cc1. The van der Waals surface area contributed by atoms with Crippen LogP contribution >= 0.6 is 0 Å². The second-order valence-electron chi connectivity index (χ2n) is 7.10. The summed E-state index contributed by atoms with van der Waals surface area (Å²) in [5.41, 5.74) is 0.782. The molecule has 0 radical (unpaired) electrons. The molecule has 0 saturated carbocycles. The molecule has 0 spiro atoms. The van der Waals surface area contributed by atoms with Gasteiger partial charge < -0.3 is 10.6 Å². The van der Waals surface area contributed by atoms with Gasteiger partial charge in [0.1, 0.15) is 0 Å². The van der Waals surface area contributed by atoms with Crippen LogP contribution in [0.3, 0.4) is 0 Å². The summed E-state index contributed by atoms with van der Waals surface area (Å²) in [7, 11) is -12.5. The minimum absolute atomic E-state index is 0.107. The van der Waals surface area contributed by atoms with Crippen LogP contribution in [0.1, 0.15) is 13.8 Å². The van der Waals surface area contributed by atoms with Gasteiger partial charge in [0.2, 0.25) is 11.8 Å². The molecular weight excluding hydrogens is 524 g/mol. The van der Waals surface area contributed by atoms with E-state index in [1.807, 2.05) is 0 Å². The topological polar surface area (TPSA) is 179 Å². The zero-order chi connectivity index (χ0) is 26.3. The van der Waals surface area contributed by atoms with Gasteiger partial charge in [0.25, 0.3) is 0 Å². The summed E-state index contributed by atoms with van der Waals surface area (Å²) in [6.45, 7) is 1.09. The first-order valence-corrected chi connectivity index (χ1v) is 14.6. The number of nitrogens with one attached hydrogen (secondary N) is 2. The maximum absolute atomic E-state index is 12.3. The average Bonchev–Trinajstić information content (AvgIpc) is 2.73. The van der Waals surface area contributed by atoms with Gasteiger partial charge in [0, 0.05) is 25.2 Å². The predicted octanol–water partition coefficient (Wildman–Crippen LogP) is 1.13. The minimum Gasteiger partial charge on any atom is -0.326 e. The van der Waals surface area contributed by atoms with Crippen molar-refractivity contribution in [2.45, 2.75) is 23.6 Å². The van der Waals surface area contributed by atoms with Crippen LogP contribution in [-0.2, 0) is 48.0 Å².